The van der Waals surface area contributed by atoms with Gasteiger partial charge in [-0.15, -0.1) is 11.3 Å². The number of thiophene rings is 1. The molecule has 0 bridgehead atoms. The molecule has 1 saturated heterocycles. The Balaban J connectivity index is 1.82. The van der Waals surface area contributed by atoms with Gasteiger partial charge in [0.05, 0.1) is 3.79 Å². The number of aryl methyl sites for hydroxylation is 2. The molecule has 3 rings (SSSR count). The number of anilines is 1. The fourth-order valence-electron chi connectivity index (χ4n) is 3.11. The van der Waals surface area contributed by atoms with E-state index in [0.717, 1.165) is 26.3 Å². The summed E-state index contributed by atoms with van der Waals surface area (Å²) in [4.78, 5) is 12.7. The largest absolute Gasteiger partial charge is 0.325 e. The average Bonchev–Trinajstić information content (AvgIpc) is 3.15. The van der Waals surface area contributed by atoms with Gasteiger partial charge < -0.3 is 5.32 Å². The van der Waals surface area contributed by atoms with Crippen molar-refractivity contribution in [1.82, 2.24) is 4.31 Å². The standard InChI is InChI=1S/C17H19BrN2O3S2/c1-11-8-12(2)10-13(9-11)19-17(21)14-4-3-7-20(14)25(22,23)16-6-5-15(18)24-16/h5-6,8-10,14H,3-4,7H2,1-2H3,(H,19,21). The minimum atomic E-state index is -3.66. The third kappa shape index (κ3) is 3.97. The molecule has 0 saturated carbocycles. The first-order valence-corrected chi connectivity index (χ1v) is 11.0. The number of benzene rings is 1. The predicted octanol–water partition coefficient (Wildman–Crippen LogP) is 3.92. The zero-order valence-corrected chi connectivity index (χ0v) is 17.2. The maximum Gasteiger partial charge on any atom is 0.253 e. The van der Waals surface area contributed by atoms with Gasteiger partial charge in [0, 0.05) is 12.2 Å². The van der Waals surface area contributed by atoms with Crippen molar-refractivity contribution in [2.24, 2.45) is 0 Å². The molecule has 1 N–H and O–H groups in total. The van der Waals surface area contributed by atoms with Crippen molar-refractivity contribution in [3.05, 3.63) is 45.2 Å². The Morgan fingerprint density at radius 3 is 2.52 bits per heavy atom. The number of carbonyl (C=O) groups is 1. The summed E-state index contributed by atoms with van der Waals surface area (Å²) in [5, 5.41) is 2.87. The lowest BCUT2D eigenvalue weighted by Crippen LogP contribution is -2.42. The van der Waals surface area contributed by atoms with Crippen molar-refractivity contribution in [2.45, 2.75) is 36.9 Å². The lowest BCUT2D eigenvalue weighted by Gasteiger charge is -2.22. The van der Waals surface area contributed by atoms with E-state index in [-0.39, 0.29) is 10.1 Å². The fourth-order valence-corrected chi connectivity index (χ4v) is 6.91. The van der Waals surface area contributed by atoms with E-state index in [0.29, 0.717) is 25.1 Å². The first-order valence-electron chi connectivity index (χ1n) is 7.94. The van der Waals surface area contributed by atoms with E-state index in [1.807, 2.05) is 32.0 Å². The van der Waals surface area contributed by atoms with Gasteiger partial charge in [0.2, 0.25) is 5.91 Å². The molecule has 1 aliphatic heterocycles. The van der Waals surface area contributed by atoms with Crippen LogP contribution < -0.4 is 5.32 Å². The molecule has 1 fully saturated rings. The topological polar surface area (TPSA) is 66.5 Å². The summed E-state index contributed by atoms with van der Waals surface area (Å²) in [5.74, 6) is -0.276. The number of hydrogen-bond donors (Lipinski definition) is 1. The Bertz CT molecular complexity index is 888. The number of hydrogen-bond acceptors (Lipinski definition) is 4. The second-order valence-electron chi connectivity index (χ2n) is 6.20. The Labute approximate surface area is 160 Å². The molecule has 2 aromatic rings. The average molecular weight is 443 g/mol. The molecule has 0 aliphatic carbocycles. The van der Waals surface area contributed by atoms with Crippen molar-refractivity contribution in [3.63, 3.8) is 0 Å². The maximum absolute atomic E-state index is 12.9. The van der Waals surface area contributed by atoms with Crippen molar-refractivity contribution < 1.29 is 13.2 Å². The molecule has 0 radical (unpaired) electrons. The van der Waals surface area contributed by atoms with Gasteiger partial charge in [-0.2, -0.15) is 4.31 Å². The van der Waals surface area contributed by atoms with E-state index < -0.39 is 16.1 Å². The molecule has 134 valence electrons. The summed E-state index contributed by atoms with van der Waals surface area (Å²) >= 11 is 4.45. The van der Waals surface area contributed by atoms with Crippen LogP contribution in [-0.4, -0.2) is 31.2 Å². The van der Waals surface area contributed by atoms with Crippen LogP contribution in [0.4, 0.5) is 5.69 Å². The summed E-state index contributed by atoms with van der Waals surface area (Å²) in [6, 6.07) is 8.40. The SMILES string of the molecule is Cc1cc(C)cc(NC(=O)C2CCCN2S(=O)(=O)c2ccc(Br)s2)c1. The molecule has 1 atom stereocenters. The third-order valence-corrected chi connectivity index (χ3v) is 8.11. The van der Waals surface area contributed by atoms with Crippen LogP contribution in [0.5, 0.6) is 0 Å². The van der Waals surface area contributed by atoms with Gasteiger partial charge in [-0.05, 0) is 78.0 Å². The molecule has 1 aromatic heterocycles. The van der Waals surface area contributed by atoms with Gasteiger partial charge >= 0.3 is 0 Å². The Kier molecular flexibility index (Phi) is 5.34. The van der Waals surface area contributed by atoms with E-state index in [1.165, 1.54) is 4.31 Å². The zero-order valence-electron chi connectivity index (χ0n) is 14.0. The highest BCUT2D eigenvalue weighted by atomic mass is 79.9. The number of rotatable bonds is 4. The summed E-state index contributed by atoms with van der Waals surface area (Å²) in [7, 11) is -3.66. The van der Waals surface area contributed by atoms with Gasteiger partial charge in [-0.1, -0.05) is 6.07 Å². The Hall–Kier alpha value is -1.22. The highest BCUT2D eigenvalue weighted by Crippen LogP contribution is 2.32. The van der Waals surface area contributed by atoms with Crippen LogP contribution in [0.25, 0.3) is 0 Å². The third-order valence-electron chi connectivity index (χ3n) is 4.11. The smallest absolute Gasteiger partial charge is 0.253 e. The lowest BCUT2D eigenvalue weighted by atomic mass is 10.1. The normalized spacial score (nSPS) is 18.4. The Morgan fingerprint density at radius 2 is 1.92 bits per heavy atom. The molecule has 2 heterocycles. The molecule has 1 aromatic carbocycles. The van der Waals surface area contributed by atoms with Crippen molar-refractivity contribution >= 4 is 48.9 Å². The van der Waals surface area contributed by atoms with Crippen LogP contribution in [0.2, 0.25) is 0 Å². The lowest BCUT2D eigenvalue weighted by molar-refractivity contribution is -0.119. The first kappa shape index (κ1) is 18.6. The van der Waals surface area contributed by atoms with Crippen LogP contribution in [0.3, 0.4) is 0 Å². The van der Waals surface area contributed by atoms with E-state index >= 15 is 0 Å². The molecule has 1 amide bonds. The van der Waals surface area contributed by atoms with Crippen LogP contribution in [0.15, 0.2) is 38.3 Å². The highest BCUT2D eigenvalue weighted by molar-refractivity contribution is 9.11. The number of nitrogens with one attached hydrogen (secondary N) is 1. The fraction of sp³-hybridized carbons (Fsp3) is 0.353. The van der Waals surface area contributed by atoms with Crippen LogP contribution in [-0.2, 0) is 14.8 Å². The molecular weight excluding hydrogens is 424 g/mol. The van der Waals surface area contributed by atoms with Gasteiger partial charge in [0.15, 0.2) is 0 Å². The summed E-state index contributed by atoms with van der Waals surface area (Å²) < 4.78 is 28.0. The zero-order chi connectivity index (χ0) is 18.2. The maximum atomic E-state index is 12.9. The van der Waals surface area contributed by atoms with Gasteiger partial charge in [0.25, 0.3) is 10.0 Å². The van der Waals surface area contributed by atoms with Crippen molar-refractivity contribution in [1.29, 1.82) is 0 Å². The second kappa shape index (κ2) is 7.19. The molecule has 0 spiro atoms. The molecule has 1 unspecified atom stereocenters. The number of carbonyl (C=O) groups excluding carboxylic acids is 1. The molecule has 5 nitrogen and oxygen atoms in total. The first-order chi connectivity index (χ1) is 11.8. The molecule has 25 heavy (non-hydrogen) atoms. The van der Waals surface area contributed by atoms with E-state index in [4.69, 9.17) is 0 Å². The summed E-state index contributed by atoms with van der Waals surface area (Å²) in [5.41, 5.74) is 2.80. The predicted molar refractivity (Wildman–Crippen MR) is 103 cm³/mol. The summed E-state index contributed by atoms with van der Waals surface area (Å²) in [6.45, 7) is 4.29. The Morgan fingerprint density at radius 1 is 1.24 bits per heavy atom. The number of sulfonamides is 1. The number of amides is 1. The van der Waals surface area contributed by atoms with Crippen LogP contribution in [0.1, 0.15) is 24.0 Å². The highest BCUT2D eigenvalue weighted by Gasteiger charge is 2.40. The van der Waals surface area contributed by atoms with E-state index in [2.05, 4.69) is 21.2 Å². The second-order valence-corrected chi connectivity index (χ2v) is 10.8. The van der Waals surface area contributed by atoms with Gasteiger partial charge in [-0.3, -0.25) is 4.79 Å². The van der Waals surface area contributed by atoms with Gasteiger partial charge in [-0.25, -0.2) is 8.42 Å². The minimum Gasteiger partial charge on any atom is -0.325 e. The number of nitrogens with zero attached hydrogens (tertiary/aromatic N) is 1. The quantitative estimate of drug-likeness (QED) is 0.779. The van der Waals surface area contributed by atoms with E-state index in [1.54, 1.807) is 12.1 Å². The molecular formula is C17H19BrN2O3S2. The molecule has 8 heteroatoms. The van der Waals surface area contributed by atoms with Crippen molar-refractivity contribution in [2.75, 3.05) is 11.9 Å². The van der Waals surface area contributed by atoms with E-state index in [9.17, 15) is 13.2 Å². The van der Waals surface area contributed by atoms with Gasteiger partial charge in [0.1, 0.15) is 10.3 Å². The van der Waals surface area contributed by atoms with Crippen molar-refractivity contribution in [3.8, 4) is 0 Å². The summed E-state index contributed by atoms with van der Waals surface area (Å²) in [6.07, 6.45) is 1.21. The van der Waals surface area contributed by atoms with Crippen LogP contribution in [0, 0.1) is 13.8 Å². The monoisotopic (exact) mass is 442 g/mol. The van der Waals surface area contributed by atoms with Crippen LogP contribution >= 0.6 is 27.3 Å². The molecule has 1 aliphatic rings. The number of halogens is 1. The minimum absolute atomic E-state index is 0.255.